The Morgan fingerprint density at radius 2 is 1.97 bits per heavy atom. The van der Waals surface area contributed by atoms with Crippen molar-refractivity contribution in [1.29, 1.82) is 0 Å². The van der Waals surface area contributed by atoms with Crippen LogP contribution in [0.25, 0.3) is 11.5 Å². The standard InChI is InChI=1S/C26H33F2N5O5/c1-14-12-32(9-10-33(14)26(35)30-18-6-7-18)24(34)21-22(15(2)29)38-23(31-21)17-5-8-19(37-25(27)28)20(11-17)36-13-16-3-4-16/h5,8,11,14-16,18,25H,3-4,6-7,9-10,12-13,29H2,1-2H3,(H,30,35)/t14-,15?/m1/s1. The van der Waals surface area contributed by atoms with Crippen molar-refractivity contribution in [3.8, 4) is 23.0 Å². The number of carbonyl (C=O) groups is 2. The SMILES string of the molecule is CC(N)c1oc(-c2ccc(OC(F)F)c(OCC3CC3)c2)nc1C(=O)N1CCN(C(=O)NC2CC2)[C@H](C)C1. The lowest BCUT2D eigenvalue weighted by atomic mass is 10.1. The highest BCUT2D eigenvalue weighted by Gasteiger charge is 2.35. The summed E-state index contributed by atoms with van der Waals surface area (Å²) in [7, 11) is 0. The summed E-state index contributed by atoms with van der Waals surface area (Å²) in [5.41, 5.74) is 6.65. The van der Waals surface area contributed by atoms with Gasteiger partial charge in [-0.2, -0.15) is 8.78 Å². The number of rotatable bonds is 9. The first kappa shape index (κ1) is 26.2. The number of benzene rings is 1. The lowest BCUT2D eigenvalue weighted by Crippen LogP contribution is -2.58. The van der Waals surface area contributed by atoms with E-state index >= 15 is 0 Å². The molecule has 0 spiro atoms. The fourth-order valence-corrected chi connectivity index (χ4v) is 4.44. The molecule has 3 amide bonds. The Morgan fingerprint density at radius 1 is 1.21 bits per heavy atom. The Morgan fingerprint density at radius 3 is 2.61 bits per heavy atom. The number of nitrogens with zero attached hydrogens (tertiary/aromatic N) is 3. The number of alkyl halides is 2. The molecule has 3 aliphatic rings. The number of urea groups is 1. The van der Waals surface area contributed by atoms with Gasteiger partial charge >= 0.3 is 12.6 Å². The molecule has 5 rings (SSSR count). The number of halogens is 2. The molecule has 2 heterocycles. The van der Waals surface area contributed by atoms with Crippen molar-refractivity contribution in [3.05, 3.63) is 29.7 Å². The number of nitrogens with two attached hydrogens (primary N) is 1. The van der Waals surface area contributed by atoms with E-state index in [1.54, 1.807) is 16.7 Å². The van der Waals surface area contributed by atoms with Gasteiger partial charge in [0.15, 0.2) is 23.0 Å². The zero-order valence-corrected chi connectivity index (χ0v) is 21.5. The minimum absolute atomic E-state index is 0.0859. The minimum Gasteiger partial charge on any atom is -0.489 e. The highest BCUT2D eigenvalue weighted by Crippen LogP contribution is 2.37. The molecule has 1 saturated heterocycles. The molecule has 2 aromatic rings. The second-order valence-electron chi connectivity index (χ2n) is 10.3. The summed E-state index contributed by atoms with van der Waals surface area (Å²) < 4.78 is 42.1. The van der Waals surface area contributed by atoms with Crippen molar-refractivity contribution in [2.75, 3.05) is 26.2 Å². The number of aromatic nitrogens is 1. The molecule has 0 radical (unpaired) electrons. The van der Waals surface area contributed by atoms with Crippen molar-refractivity contribution in [1.82, 2.24) is 20.1 Å². The Kier molecular flexibility index (Phi) is 7.42. The van der Waals surface area contributed by atoms with Gasteiger partial charge in [0.2, 0.25) is 5.89 Å². The monoisotopic (exact) mass is 533 g/mol. The molecule has 3 fully saturated rings. The van der Waals surface area contributed by atoms with Crippen LogP contribution in [0.3, 0.4) is 0 Å². The maximum atomic E-state index is 13.5. The number of nitrogens with one attached hydrogen (secondary N) is 1. The fourth-order valence-electron chi connectivity index (χ4n) is 4.44. The van der Waals surface area contributed by atoms with E-state index in [1.807, 2.05) is 6.92 Å². The zero-order chi connectivity index (χ0) is 27.0. The first-order valence-corrected chi connectivity index (χ1v) is 13.0. The molecule has 1 aromatic heterocycles. The molecule has 2 aliphatic carbocycles. The van der Waals surface area contributed by atoms with E-state index < -0.39 is 12.7 Å². The Balaban J connectivity index is 1.35. The van der Waals surface area contributed by atoms with Crippen LogP contribution in [-0.4, -0.2) is 71.7 Å². The first-order valence-electron chi connectivity index (χ1n) is 13.0. The van der Waals surface area contributed by atoms with Crippen LogP contribution in [0, 0.1) is 5.92 Å². The highest BCUT2D eigenvalue weighted by molar-refractivity contribution is 5.94. The second kappa shape index (κ2) is 10.8. The van der Waals surface area contributed by atoms with Crippen molar-refractivity contribution in [3.63, 3.8) is 0 Å². The lowest BCUT2D eigenvalue weighted by Gasteiger charge is -2.39. The van der Waals surface area contributed by atoms with Gasteiger partial charge in [0, 0.05) is 37.3 Å². The lowest BCUT2D eigenvalue weighted by molar-refractivity contribution is -0.0515. The molecule has 1 aliphatic heterocycles. The van der Waals surface area contributed by atoms with E-state index in [0.29, 0.717) is 37.7 Å². The van der Waals surface area contributed by atoms with Crippen LogP contribution in [0.4, 0.5) is 13.6 Å². The highest BCUT2D eigenvalue weighted by atomic mass is 19.3. The Bertz CT molecular complexity index is 1180. The van der Waals surface area contributed by atoms with Gasteiger partial charge in [0.25, 0.3) is 5.91 Å². The van der Waals surface area contributed by atoms with Crippen molar-refractivity contribution >= 4 is 11.9 Å². The van der Waals surface area contributed by atoms with Gasteiger partial charge in [0.05, 0.1) is 12.6 Å². The van der Waals surface area contributed by atoms with E-state index in [0.717, 1.165) is 25.7 Å². The second-order valence-corrected chi connectivity index (χ2v) is 10.3. The van der Waals surface area contributed by atoms with Crippen LogP contribution >= 0.6 is 0 Å². The van der Waals surface area contributed by atoms with Gasteiger partial charge < -0.3 is 34.7 Å². The molecular weight excluding hydrogens is 500 g/mol. The zero-order valence-electron chi connectivity index (χ0n) is 21.5. The fraction of sp³-hybridized carbons (Fsp3) is 0.577. The van der Waals surface area contributed by atoms with E-state index in [2.05, 4.69) is 15.0 Å². The number of hydrogen-bond donors (Lipinski definition) is 2. The van der Waals surface area contributed by atoms with Gasteiger partial charge in [-0.3, -0.25) is 4.79 Å². The smallest absolute Gasteiger partial charge is 0.387 e. The Hall–Kier alpha value is -3.41. The summed E-state index contributed by atoms with van der Waals surface area (Å²) in [5.74, 6) is 0.464. The molecule has 38 heavy (non-hydrogen) atoms. The van der Waals surface area contributed by atoms with Crippen LogP contribution in [0.5, 0.6) is 11.5 Å². The number of amides is 3. The molecule has 12 heteroatoms. The number of oxazole rings is 1. The summed E-state index contributed by atoms with van der Waals surface area (Å²) in [5, 5.41) is 2.99. The third-order valence-corrected chi connectivity index (χ3v) is 6.93. The molecule has 3 N–H and O–H groups in total. The van der Waals surface area contributed by atoms with Gasteiger partial charge in [-0.15, -0.1) is 0 Å². The van der Waals surface area contributed by atoms with Crippen LogP contribution in [0.1, 0.15) is 61.8 Å². The van der Waals surface area contributed by atoms with Crippen LogP contribution in [-0.2, 0) is 0 Å². The largest absolute Gasteiger partial charge is 0.489 e. The van der Waals surface area contributed by atoms with Gasteiger partial charge in [-0.25, -0.2) is 9.78 Å². The summed E-state index contributed by atoms with van der Waals surface area (Å²) in [6, 6.07) is 3.76. The third kappa shape index (κ3) is 6.01. The summed E-state index contributed by atoms with van der Waals surface area (Å²) in [6.07, 6.45) is 4.07. The van der Waals surface area contributed by atoms with Gasteiger partial charge in [-0.05, 0) is 63.6 Å². The minimum atomic E-state index is -3.00. The average molecular weight is 534 g/mol. The molecule has 0 bridgehead atoms. The first-order chi connectivity index (χ1) is 18.2. The molecule has 2 saturated carbocycles. The quantitative estimate of drug-likeness (QED) is 0.503. The van der Waals surface area contributed by atoms with E-state index in [9.17, 15) is 18.4 Å². The molecule has 206 valence electrons. The predicted molar refractivity (Wildman–Crippen MR) is 133 cm³/mol. The normalized spacial score (nSPS) is 20.4. The van der Waals surface area contributed by atoms with E-state index in [1.165, 1.54) is 18.2 Å². The molecule has 2 atom stereocenters. The number of ether oxygens (including phenoxy) is 2. The predicted octanol–water partition coefficient (Wildman–Crippen LogP) is 3.77. The maximum absolute atomic E-state index is 13.5. The van der Waals surface area contributed by atoms with Gasteiger partial charge in [-0.1, -0.05) is 0 Å². The summed E-state index contributed by atoms with van der Waals surface area (Å²) in [4.78, 5) is 33.9. The van der Waals surface area contributed by atoms with Crippen LogP contribution < -0.4 is 20.5 Å². The number of piperazine rings is 1. The Labute approximate surface area is 219 Å². The van der Waals surface area contributed by atoms with Gasteiger partial charge in [0.1, 0.15) is 0 Å². The molecule has 1 unspecified atom stereocenters. The average Bonchev–Trinajstić information content (AvgIpc) is 3.81. The van der Waals surface area contributed by atoms with Crippen molar-refractivity contribution < 1.29 is 32.3 Å². The molecule has 10 nitrogen and oxygen atoms in total. The summed E-state index contributed by atoms with van der Waals surface area (Å²) >= 11 is 0. The van der Waals surface area contributed by atoms with E-state index in [4.69, 9.17) is 14.9 Å². The summed E-state index contributed by atoms with van der Waals surface area (Å²) in [6.45, 7) is 2.08. The van der Waals surface area contributed by atoms with E-state index in [-0.39, 0.29) is 52.9 Å². The number of hydrogen-bond acceptors (Lipinski definition) is 7. The topological polar surface area (TPSA) is 123 Å². The van der Waals surface area contributed by atoms with Crippen molar-refractivity contribution in [2.45, 2.75) is 64.3 Å². The van der Waals surface area contributed by atoms with Crippen LogP contribution in [0.15, 0.2) is 22.6 Å². The van der Waals surface area contributed by atoms with Crippen LogP contribution in [0.2, 0.25) is 0 Å². The maximum Gasteiger partial charge on any atom is 0.387 e. The third-order valence-electron chi connectivity index (χ3n) is 6.93. The molecule has 1 aromatic carbocycles. The molecular formula is C26H33F2N5O5. The van der Waals surface area contributed by atoms with Crippen molar-refractivity contribution in [2.24, 2.45) is 11.7 Å². The number of carbonyl (C=O) groups excluding carboxylic acids is 2.